The Bertz CT molecular complexity index is 1500. The third-order valence-electron chi connectivity index (χ3n) is 5.88. The van der Waals surface area contributed by atoms with Crippen LogP contribution in [0.15, 0.2) is 94.4 Å². The van der Waals surface area contributed by atoms with E-state index in [1.165, 1.54) is 28.8 Å². The zero-order valence-electron chi connectivity index (χ0n) is 21.6. The molecule has 0 fully saturated rings. The summed E-state index contributed by atoms with van der Waals surface area (Å²) in [6.07, 6.45) is 2.27. The van der Waals surface area contributed by atoms with Crippen LogP contribution in [-0.4, -0.2) is 51.8 Å². The summed E-state index contributed by atoms with van der Waals surface area (Å²) >= 11 is 1.19. The summed E-state index contributed by atoms with van der Waals surface area (Å²) < 4.78 is 22.8. The van der Waals surface area contributed by atoms with E-state index in [2.05, 4.69) is 10.3 Å². The fraction of sp³-hybridized carbons (Fsp3) is 0.179. The van der Waals surface area contributed by atoms with E-state index in [9.17, 15) is 18.0 Å². The number of amides is 2. The first-order valence-electron chi connectivity index (χ1n) is 12.1. The van der Waals surface area contributed by atoms with Gasteiger partial charge in [-0.15, -0.1) is 0 Å². The number of nitrogens with one attached hydrogen (secondary N) is 1. The van der Waals surface area contributed by atoms with Gasteiger partial charge in [-0.1, -0.05) is 54.2 Å². The molecule has 9 nitrogen and oxygen atoms in total. The molecule has 0 saturated carbocycles. The average Bonchev–Trinajstić information content (AvgIpc) is 3.22. The van der Waals surface area contributed by atoms with E-state index >= 15 is 0 Å². The number of hydrogen-bond acceptors (Lipinski definition) is 7. The highest BCUT2D eigenvalue weighted by Gasteiger charge is 2.32. The van der Waals surface area contributed by atoms with Gasteiger partial charge in [-0.2, -0.15) is 0 Å². The third kappa shape index (κ3) is 7.34. The monoisotopic (exact) mass is 563 g/mol. The molecule has 0 atom stereocenters. The van der Waals surface area contributed by atoms with Gasteiger partial charge in [0.1, 0.15) is 5.70 Å². The van der Waals surface area contributed by atoms with Gasteiger partial charge in [0.2, 0.25) is 15.9 Å². The standard InChI is InChI=1S/C28H29N5O4S2/c1-32(2)22-12-8-21(9-13-22)18-25-27(35)33(23-6-4-3-5-7-23)28(31-25)38-19-26(34)30-17-16-20-10-14-24(15-11-20)39(29,36)37/h3-15,18H,16-17,19H2,1-2H3,(H,30,34)(H2,29,36,37). The van der Waals surface area contributed by atoms with Crippen LogP contribution in [0.2, 0.25) is 0 Å². The molecular weight excluding hydrogens is 534 g/mol. The number of nitrogens with zero attached hydrogens (tertiary/aromatic N) is 3. The second kappa shape index (κ2) is 12.3. The number of anilines is 2. The zero-order valence-corrected chi connectivity index (χ0v) is 23.2. The lowest BCUT2D eigenvalue weighted by Gasteiger charge is -2.17. The van der Waals surface area contributed by atoms with Crippen LogP contribution < -0.4 is 20.3 Å². The quantitative estimate of drug-likeness (QED) is 0.385. The molecule has 3 N–H and O–H groups in total. The van der Waals surface area contributed by atoms with E-state index in [1.807, 2.05) is 73.6 Å². The van der Waals surface area contributed by atoms with Gasteiger partial charge in [-0.3, -0.25) is 14.5 Å². The predicted molar refractivity (Wildman–Crippen MR) is 157 cm³/mol. The van der Waals surface area contributed by atoms with Crippen molar-refractivity contribution in [1.29, 1.82) is 0 Å². The summed E-state index contributed by atoms with van der Waals surface area (Å²) in [6.45, 7) is 0.371. The highest BCUT2D eigenvalue weighted by molar-refractivity contribution is 8.14. The predicted octanol–water partition coefficient (Wildman–Crippen LogP) is 3.24. The van der Waals surface area contributed by atoms with Crippen molar-refractivity contribution < 1.29 is 18.0 Å². The van der Waals surface area contributed by atoms with Crippen LogP contribution in [0.25, 0.3) is 6.08 Å². The van der Waals surface area contributed by atoms with Crippen LogP contribution in [0, 0.1) is 0 Å². The maximum Gasteiger partial charge on any atom is 0.283 e. The molecule has 4 rings (SSSR count). The van der Waals surface area contributed by atoms with Gasteiger partial charge in [0.25, 0.3) is 5.91 Å². The average molecular weight is 564 g/mol. The maximum atomic E-state index is 13.3. The van der Waals surface area contributed by atoms with Crippen molar-refractivity contribution in [3.05, 3.63) is 95.7 Å². The van der Waals surface area contributed by atoms with Crippen molar-refractivity contribution in [3.8, 4) is 0 Å². The lowest BCUT2D eigenvalue weighted by atomic mass is 10.1. The van der Waals surface area contributed by atoms with Gasteiger partial charge < -0.3 is 10.2 Å². The number of primary sulfonamides is 1. The Morgan fingerprint density at radius 2 is 1.69 bits per heavy atom. The molecule has 0 unspecified atom stereocenters. The Hall–Kier alpha value is -3.93. The molecule has 39 heavy (non-hydrogen) atoms. The van der Waals surface area contributed by atoms with E-state index < -0.39 is 10.0 Å². The number of thioether (sulfide) groups is 1. The van der Waals surface area contributed by atoms with Crippen LogP contribution in [-0.2, 0) is 26.0 Å². The van der Waals surface area contributed by atoms with Crippen molar-refractivity contribution in [3.63, 3.8) is 0 Å². The van der Waals surface area contributed by atoms with Crippen LogP contribution in [0.5, 0.6) is 0 Å². The molecule has 0 saturated heterocycles. The molecule has 0 bridgehead atoms. The number of hydrogen-bond donors (Lipinski definition) is 2. The molecule has 0 radical (unpaired) electrons. The maximum absolute atomic E-state index is 13.3. The summed E-state index contributed by atoms with van der Waals surface area (Å²) in [5.74, 6) is -0.394. The molecule has 0 spiro atoms. The van der Waals surface area contributed by atoms with Crippen molar-refractivity contribution in [1.82, 2.24) is 5.32 Å². The SMILES string of the molecule is CN(C)c1ccc(C=C2N=C(SCC(=O)NCCc3ccc(S(N)(=O)=O)cc3)N(c3ccccc3)C2=O)cc1. The van der Waals surface area contributed by atoms with Gasteiger partial charge in [0.15, 0.2) is 5.17 Å². The van der Waals surface area contributed by atoms with E-state index in [0.717, 1.165) is 16.8 Å². The first-order valence-corrected chi connectivity index (χ1v) is 14.6. The fourth-order valence-electron chi connectivity index (χ4n) is 3.80. The van der Waals surface area contributed by atoms with Crippen molar-refractivity contribution in [2.75, 3.05) is 36.2 Å². The van der Waals surface area contributed by atoms with E-state index in [0.29, 0.717) is 29.5 Å². The van der Waals surface area contributed by atoms with E-state index in [4.69, 9.17) is 5.14 Å². The summed E-state index contributed by atoms with van der Waals surface area (Å²) in [5.41, 5.74) is 3.73. The summed E-state index contributed by atoms with van der Waals surface area (Å²) in [6, 6.07) is 23.2. The number of nitrogens with two attached hydrogens (primary N) is 1. The Morgan fingerprint density at radius 1 is 1.03 bits per heavy atom. The Labute approximate surface area is 232 Å². The molecule has 202 valence electrons. The minimum Gasteiger partial charge on any atom is -0.378 e. The van der Waals surface area contributed by atoms with E-state index in [-0.39, 0.29) is 22.5 Å². The number of aliphatic imine (C=N–C) groups is 1. The Balaban J connectivity index is 1.41. The van der Waals surface area contributed by atoms with Crippen LogP contribution in [0.3, 0.4) is 0 Å². The molecule has 0 aliphatic carbocycles. The van der Waals surface area contributed by atoms with Crippen molar-refractivity contribution >= 4 is 56.2 Å². The first kappa shape index (κ1) is 28.1. The van der Waals surface area contributed by atoms with Crippen molar-refractivity contribution in [2.45, 2.75) is 11.3 Å². The second-order valence-electron chi connectivity index (χ2n) is 8.96. The molecule has 1 heterocycles. The van der Waals surface area contributed by atoms with Crippen molar-refractivity contribution in [2.24, 2.45) is 10.1 Å². The molecule has 2 amide bonds. The number of rotatable bonds is 9. The van der Waals surface area contributed by atoms with Crippen LogP contribution in [0.4, 0.5) is 11.4 Å². The fourth-order valence-corrected chi connectivity index (χ4v) is 5.16. The highest BCUT2D eigenvalue weighted by Crippen LogP contribution is 2.29. The number of amidine groups is 1. The molecule has 11 heteroatoms. The topological polar surface area (TPSA) is 125 Å². The largest absolute Gasteiger partial charge is 0.378 e. The Kier molecular flexibility index (Phi) is 8.85. The molecule has 1 aliphatic rings. The van der Waals surface area contributed by atoms with Gasteiger partial charge in [-0.05, 0) is 60.0 Å². The van der Waals surface area contributed by atoms with Crippen LogP contribution in [0.1, 0.15) is 11.1 Å². The van der Waals surface area contributed by atoms with Gasteiger partial charge in [0, 0.05) is 26.3 Å². The molecular formula is C28H29N5O4S2. The minimum atomic E-state index is -3.74. The normalized spacial score (nSPS) is 14.4. The van der Waals surface area contributed by atoms with Gasteiger partial charge in [-0.25, -0.2) is 18.5 Å². The summed E-state index contributed by atoms with van der Waals surface area (Å²) in [5, 5.41) is 8.40. The Morgan fingerprint density at radius 3 is 2.31 bits per heavy atom. The van der Waals surface area contributed by atoms with E-state index in [1.54, 1.807) is 18.2 Å². The number of carbonyl (C=O) groups excluding carboxylic acids is 2. The molecule has 1 aliphatic heterocycles. The molecule has 0 aromatic heterocycles. The van der Waals surface area contributed by atoms with Gasteiger partial charge in [0.05, 0.1) is 16.3 Å². The van der Waals surface area contributed by atoms with Gasteiger partial charge >= 0.3 is 0 Å². The lowest BCUT2D eigenvalue weighted by molar-refractivity contribution is -0.118. The number of sulfonamides is 1. The second-order valence-corrected chi connectivity index (χ2v) is 11.5. The number of benzene rings is 3. The first-order chi connectivity index (χ1) is 18.6. The summed E-state index contributed by atoms with van der Waals surface area (Å²) in [7, 11) is 0.182. The molecule has 3 aromatic carbocycles. The lowest BCUT2D eigenvalue weighted by Crippen LogP contribution is -2.32. The zero-order chi connectivity index (χ0) is 28.0. The smallest absolute Gasteiger partial charge is 0.283 e. The molecule has 3 aromatic rings. The summed E-state index contributed by atoms with van der Waals surface area (Å²) in [4.78, 5) is 34.0. The number of carbonyl (C=O) groups is 2. The minimum absolute atomic E-state index is 0.0422. The highest BCUT2D eigenvalue weighted by atomic mass is 32.2. The van der Waals surface area contributed by atoms with Crippen LogP contribution >= 0.6 is 11.8 Å². The number of para-hydroxylation sites is 1. The third-order valence-corrected chi connectivity index (χ3v) is 7.74.